The Morgan fingerprint density at radius 1 is 1.40 bits per heavy atom. The van der Waals surface area contributed by atoms with Crippen LogP contribution in [0.15, 0.2) is 6.07 Å². The van der Waals surface area contributed by atoms with E-state index in [1.165, 1.54) is 4.57 Å². The summed E-state index contributed by atoms with van der Waals surface area (Å²) in [5.74, 6) is -1.06. The molecular weight excluding hydrogens is 258 g/mol. The van der Waals surface area contributed by atoms with Gasteiger partial charge in [0.25, 0.3) is 0 Å². The van der Waals surface area contributed by atoms with Gasteiger partial charge in [-0.15, -0.1) is 0 Å². The molecule has 6 heteroatoms. The lowest BCUT2D eigenvalue weighted by Crippen LogP contribution is -2.13. The molecule has 0 aliphatic heterocycles. The van der Waals surface area contributed by atoms with E-state index in [9.17, 15) is 14.7 Å². The minimum absolute atomic E-state index is 0.138. The molecule has 1 heterocycles. The summed E-state index contributed by atoms with van der Waals surface area (Å²) < 4.78 is 1.32. The zero-order valence-electron chi connectivity index (χ0n) is 11.9. The Morgan fingerprint density at radius 2 is 2.00 bits per heavy atom. The molecule has 2 aromatic rings. The van der Waals surface area contributed by atoms with Crippen molar-refractivity contribution in [1.29, 1.82) is 0 Å². The molecule has 0 fully saturated rings. The molecule has 1 aromatic carbocycles. The summed E-state index contributed by atoms with van der Waals surface area (Å²) >= 11 is 0. The van der Waals surface area contributed by atoms with E-state index in [1.807, 2.05) is 25.9 Å². The number of rotatable bonds is 3. The van der Waals surface area contributed by atoms with Crippen LogP contribution >= 0.6 is 0 Å². The molecule has 0 saturated carbocycles. The third-order valence-electron chi connectivity index (χ3n) is 3.57. The zero-order valence-corrected chi connectivity index (χ0v) is 11.9. The maximum Gasteiger partial charge on any atom is 0.338 e. The van der Waals surface area contributed by atoms with Gasteiger partial charge < -0.3 is 15.7 Å². The lowest BCUT2D eigenvalue weighted by atomic mass is 10.0. The lowest BCUT2D eigenvalue weighted by Gasteiger charge is -2.19. The van der Waals surface area contributed by atoms with Crippen molar-refractivity contribution >= 4 is 34.7 Å². The Bertz CT molecular complexity index is 729. The molecule has 0 unspecified atom stereocenters. The minimum Gasteiger partial charge on any atom is -0.478 e. The molecule has 0 aliphatic carbocycles. The van der Waals surface area contributed by atoms with E-state index in [2.05, 4.69) is 0 Å². The van der Waals surface area contributed by atoms with Crippen LogP contribution in [0.25, 0.3) is 10.9 Å². The smallest absolute Gasteiger partial charge is 0.338 e. The van der Waals surface area contributed by atoms with E-state index in [4.69, 9.17) is 5.73 Å². The number of fused-ring (bicyclic) bond motifs is 1. The molecule has 0 atom stereocenters. The molecule has 20 heavy (non-hydrogen) atoms. The number of hydrogen-bond acceptors (Lipinski definition) is 4. The predicted octanol–water partition coefficient (Wildman–Crippen LogP) is 1.64. The van der Waals surface area contributed by atoms with Crippen LogP contribution in [0.2, 0.25) is 0 Å². The predicted molar refractivity (Wildman–Crippen MR) is 79.3 cm³/mol. The molecule has 0 bridgehead atoms. The highest BCUT2D eigenvalue weighted by Gasteiger charge is 2.24. The topological polar surface area (TPSA) is 88.6 Å². The fourth-order valence-electron chi connectivity index (χ4n) is 2.65. The number of anilines is 2. The van der Waals surface area contributed by atoms with E-state index in [1.54, 1.807) is 13.0 Å². The molecule has 0 saturated heterocycles. The van der Waals surface area contributed by atoms with Crippen molar-refractivity contribution in [2.24, 2.45) is 0 Å². The number of hydrogen-bond donors (Lipinski definition) is 2. The summed E-state index contributed by atoms with van der Waals surface area (Å²) in [6.45, 7) is 3.45. The molecule has 2 rings (SSSR count). The van der Waals surface area contributed by atoms with E-state index in [0.717, 1.165) is 11.3 Å². The molecule has 3 N–H and O–H groups in total. The van der Waals surface area contributed by atoms with Crippen molar-refractivity contribution in [2.75, 3.05) is 24.7 Å². The van der Waals surface area contributed by atoms with Crippen LogP contribution in [0.5, 0.6) is 0 Å². The summed E-state index contributed by atoms with van der Waals surface area (Å²) in [6, 6.07) is 1.64. The first-order chi connectivity index (χ1) is 9.31. The number of aromatic nitrogens is 1. The number of carbonyl (C=O) groups is 2. The second-order valence-corrected chi connectivity index (χ2v) is 4.97. The average molecular weight is 275 g/mol. The number of aromatic carboxylic acids is 1. The molecule has 0 amide bonds. The summed E-state index contributed by atoms with van der Waals surface area (Å²) in [4.78, 5) is 24.6. The first-order valence-electron chi connectivity index (χ1n) is 6.10. The van der Waals surface area contributed by atoms with Crippen LogP contribution in [-0.2, 0) is 4.79 Å². The van der Waals surface area contributed by atoms with Gasteiger partial charge in [0.05, 0.1) is 16.8 Å². The highest BCUT2D eigenvalue weighted by molar-refractivity contribution is 6.13. The number of nitrogens with two attached hydrogens (primary N) is 1. The molecule has 0 aliphatic rings. The number of nitrogens with zero attached hydrogens (tertiary/aromatic N) is 2. The van der Waals surface area contributed by atoms with Crippen LogP contribution in [-0.4, -0.2) is 36.1 Å². The molecule has 0 radical (unpaired) electrons. The SMILES string of the molecule is Cc1c(N)cc2c(c(C(=O)O)c(C)n2C=O)c1N(C)C. The summed E-state index contributed by atoms with van der Waals surface area (Å²) in [7, 11) is 3.64. The van der Waals surface area contributed by atoms with Gasteiger partial charge in [0, 0.05) is 30.9 Å². The lowest BCUT2D eigenvalue weighted by molar-refractivity contribution is 0.0698. The van der Waals surface area contributed by atoms with Crippen LogP contribution in [0.3, 0.4) is 0 Å². The molecule has 1 aromatic heterocycles. The van der Waals surface area contributed by atoms with Gasteiger partial charge in [-0.25, -0.2) is 4.79 Å². The molecular formula is C14H17N3O3. The first-order valence-corrected chi connectivity index (χ1v) is 6.10. The summed E-state index contributed by atoms with van der Waals surface area (Å²) in [6.07, 6.45) is 0.609. The zero-order chi connectivity index (χ0) is 15.2. The van der Waals surface area contributed by atoms with E-state index >= 15 is 0 Å². The quantitative estimate of drug-likeness (QED) is 0.656. The van der Waals surface area contributed by atoms with Crippen molar-refractivity contribution in [3.8, 4) is 0 Å². The second kappa shape index (κ2) is 4.56. The van der Waals surface area contributed by atoms with E-state index in [0.29, 0.717) is 28.7 Å². The second-order valence-electron chi connectivity index (χ2n) is 4.97. The highest BCUT2D eigenvalue weighted by atomic mass is 16.4. The van der Waals surface area contributed by atoms with E-state index in [-0.39, 0.29) is 5.56 Å². The Kier molecular flexibility index (Phi) is 3.17. The van der Waals surface area contributed by atoms with Crippen molar-refractivity contribution < 1.29 is 14.7 Å². The van der Waals surface area contributed by atoms with Crippen LogP contribution in [0.4, 0.5) is 11.4 Å². The fourth-order valence-corrected chi connectivity index (χ4v) is 2.65. The Hall–Kier alpha value is -2.50. The third kappa shape index (κ3) is 1.72. The number of carboxylic acid groups (broad SMARTS) is 1. The Morgan fingerprint density at radius 3 is 2.45 bits per heavy atom. The summed E-state index contributed by atoms with van der Waals surface area (Å²) in [5.41, 5.74) is 9.08. The first kappa shape index (κ1) is 13.9. The maximum absolute atomic E-state index is 11.6. The van der Waals surface area contributed by atoms with Gasteiger partial charge in [-0.05, 0) is 25.5 Å². The van der Waals surface area contributed by atoms with Crippen LogP contribution in [0, 0.1) is 13.8 Å². The Labute approximate surface area is 116 Å². The highest BCUT2D eigenvalue weighted by Crippen LogP contribution is 2.38. The largest absolute Gasteiger partial charge is 0.478 e. The molecule has 6 nitrogen and oxygen atoms in total. The van der Waals surface area contributed by atoms with Gasteiger partial charge >= 0.3 is 5.97 Å². The fraction of sp³-hybridized carbons (Fsp3) is 0.286. The van der Waals surface area contributed by atoms with Gasteiger partial charge in [0.2, 0.25) is 6.41 Å². The van der Waals surface area contributed by atoms with Crippen LogP contribution < -0.4 is 10.6 Å². The van der Waals surface area contributed by atoms with Crippen molar-refractivity contribution in [1.82, 2.24) is 4.57 Å². The molecule has 0 spiro atoms. The number of nitrogen functional groups attached to an aromatic ring is 1. The monoisotopic (exact) mass is 275 g/mol. The maximum atomic E-state index is 11.6. The van der Waals surface area contributed by atoms with Crippen molar-refractivity contribution in [2.45, 2.75) is 13.8 Å². The van der Waals surface area contributed by atoms with Gasteiger partial charge in [-0.3, -0.25) is 9.36 Å². The third-order valence-corrected chi connectivity index (χ3v) is 3.57. The van der Waals surface area contributed by atoms with Gasteiger partial charge in [0.15, 0.2) is 0 Å². The minimum atomic E-state index is -1.06. The number of carbonyl (C=O) groups excluding carboxylic acids is 1. The van der Waals surface area contributed by atoms with Crippen LogP contribution in [0.1, 0.15) is 21.6 Å². The van der Waals surface area contributed by atoms with E-state index < -0.39 is 5.97 Å². The van der Waals surface area contributed by atoms with Crippen molar-refractivity contribution in [3.05, 3.63) is 22.9 Å². The molecule has 106 valence electrons. The Balaban J connectivity index is 3.14. The normalized spacial score (nSPS) is 10.8. The average Bonchev–Trinajstić information content (AvgIpc) is 2.61. The summed E-state index contributed by atoms with van der Waals surface area (Å²) in [5, 5.41) is 10.0. The van der Waals surface area contributed by atoms with Gasteiger partial charge in [-0.1, -0.05) is 0 Å². The van der Waals surface area contributed by atoms with Gasteiger partial charge in [-0.2, -0.15) is 0 Å². The number of benzene rings is 1. The van der Waals surface area contributed by atoms with Gasteiger partial charge in [0.1, 0.15) is 0 Å². The standard InChI is InChI=1S/C14H17N3O3/c1-7-9(15)5-10-12(13(7)16(3)4)11(14(19)20)8(2)17(10)6-18/h5-6H,15H2,1-4H3,(H,19,20). The number of carboxylic acids is 1. The van der Waals surface area contributed by atoms with Crippen molar-refractivity contribution in [3.63, 3.8) is 0 Å².